The number of benzene rings is 2. The lowest BCUT2D eigenvalue weighted by Gasteiger charge is -2.25. The molecule has 2 N–H and O–H groups in total. The molecule has 1 aliphatic rings. The van der Waals surface area contributed by atoms with E-state index in [0.29, 0.717) is 10.0 Å². The van der Waals surface area contributed by atoms with E-state index >= 15 is 0 Å². The van der Waals surface area contributed by atoms with Crippen molar-refractivity contribution >= 4 is 34.9 Å². The molecule has 0 aromatic heterocycles. The maximum Gasteiger partial charge on any atom is 0.319 e. The van der Waals surface area contributed by atoms with Crippen LogP contribution in [0.2, 0.25) is 10.0 Å². The number of nitrogens with one attached hydrogen (secondary N) is 2. The molecule has 1 atom stereocenters. The Morgan fingerprint density at radius 1 is 1.00 bits per heavy atom. The van der Waals surface area contributed by atoms with Crippen LogP contribution in [0.4, 0.5) is 4.79 Å². The van der Waals surface area contributed by atoms with Crippen molar-refractivity contribution in [3.05, 3.63) is 75.8 Å². The molecule has 106 valence electrons. The van der Waals surface area contributed by atoms with Crippen LogP contribution < -0.4 is 10.6 Å². The summed E-state index contributed by atoms with van der Waals surface area (Å²) in [7, 11) is 0. The Bertz CT molecular complexity index is 713. The lowest BCUT2D eigenvalue weighted by Crippen LogP contribution is -2.40. The van der Waals surface area contributed by atoms with Gasteiger partial charge >= 0.3 is 6.03 Å². The van der Waals surface area contributed by atoms with E-state index in [1.54, 1.807) is 12.1 Å². The van der Waals surface area contributed by atoms with Crippen molar-refractivity contribution in [2.75, 3.05) is 0 Å². The molecule has 21 heavy (non-hydrogen) atoms. The van der Waals surface area contributed by atoms with Gasteiger partial charge in [-0.05, 0) is 29.3 Å². The summed E-state index contributed by atoms with van der Waals surface area (Å²) in [6, 6.07) is 14.4. The number of hydrogen-bond donors (Lipinski definition) is 2. The largest absolute Gasteiger partial charge is 0.327 e. The molecule has 2 aromatic carbocycles. The molecular weight excluding hydrogens is 307 g/mol. The monoisotopic (exact) mass is 318 g/mol. The fourth-order valence-corrected chi connectivity index (χ4v) is 2.78. The quantitative estimate of drug-likeness (QED) is 0.847. The minimum Gasteiger partial charge on any atom is -0.327 e. The van der Waals surface area contributed by atoms with Crippen molar-refractivity contribution in [2.24, 2.45) is 0 Å². The summed E-state index contributed by atoms with van der Waals surface area (Å²) in [6.45, 7) is 0. The SMILES string of the molecule is O=C1NC(c2ccccc2)=CC(c2ccc(Cl)cc2Cl)N1. The van der Waals surface area contributed by atoms with E-state index in [-0.39, 0.29) is 12.1 Å². The first-order valence-electron chi connectivity index (χ1n) is 6.43. The predicted molar refractivity (Wildman–Crippen MR) is 85.3 cm³/mol. The first-order valence-corrected chi connectivity index (χ1v) is 7.19. The molecule has 0 radical (unpaired) electrons. The van der Waals surface area contributed by atoms with E-state index in [0.717, 1.165) is 16.8 Å². The van der Waals surface area contributed by atoms with E-state index in [9.17, 15) is 4.79 Å². The van der Waals surface area contributed by atoms with Crippen LogP contribution in [0, 0.1) is 0 Å². The van der Waals surface area contributed by atoms with Crippen LogP contribution in [0.25, 0.3) is 5.70 Å². The lowest BCUT2D eigenvalue weighted by atomic mass is 10.0. The third kappa shape index (κ3) is 3.04. The fraction of sp³-hybridized carbons (Fsp3) is 0.0625. The average molecular weight is 319 g/mol. The highest BCUT2D eigenvalue weighted by Gasteiger charge is 2.22. The van der Waals surface area contributed by atoms with Crippen LogP contribution in [0.3, 0.4) is 0 Å². The first kappa shape index (κ1) is 14.0. The van der Waals surface area contributed by atoms with Gasteiger partial charge in [0.15, 0.2) is 0 Å². The second kappa shape index (κ2) is 5.80. The van der Waals surface area contributed by atoms with Gasteiger partial charge in [-0.1, -0.05) is 59.6 Å². The van der Waals surface area contributed by atoms with Crippen molar-refractivity contribution in [1.82, 2.24) is 10.6 Å². The van der Waals surface area contributed by atoms with Gasteiger partial charge in [-0.2, -0.15) is 0 Å². The molecule has 3 rings (SSSR count). The summed E-state index contributed by atoms with van der Waals surface area (Å²) in [6.07, 6.45) is 1.94. The molecule has 3 nitrogen and oxygen atoms in total. The second-order valence-electron chi connectivity index (χ2n) is 4.69. The summed E-state index contributed by atoms with van der Waals surface area (Å²) in [5, 5.41) is 6.74. The number of carbonyl (C=O) groups excluding carboxylic acids is 1. The van der Waals surface area contributed by atoms with Crippen molar-refractivity contribution in [1.29, 1.82) is 0 Å². The molecule has 0 spiro atoms. The fourth-order valence-electron chi connectivity index (χ4n) is 2.26. The number of amides is 2. The maximum absolute atomic E-state index is 11.9. The van der Waals surface area contributed by atoms with Crippen LogP contribution in [-0.4, -0.2) is 6.03 Å². The van der Waals surface area contributed by atoms with Crippen LogP contribution >= 0.6 is 23.2 Å². The molecular formula is C16H12Cl2N2O. The zero-order chi connectivity index (χ0) is 14.8. The smallest absolute Gasteiger partial charge is 0.319 e. The summed E-state index contributed by atoms with van der Waals surface area (Å²) < 4.78 is 0. The van der Waals surface area contributed by atoms with Gasteiger partial charge in [-0.15, -0.1) is 0 Å². The van der Waals surface area contributed by atoms with Crippen molar-refractivity contribution in [2.45, 2.75) is 6.04 Å². The summed E-state index contributed by atoms with van der Waals surface area (Å²) in [5.74, 6) is 0. The van der Waals surface area contributed by atoms with E-state index in [2.05, 4.69) is 10.6 Å². The highest BCUT2D eigenvalue weighted by Crippen LogP contribution is 2.30. The Morgan fingerprint density at radius 2 is 1.76 bits per heavy atom. The minimum absolute atomic E-state index is 0.257. The normalized spacial score (nSPS) is 17.7. The third-order valence-electron chi connectivity index (χ3n) is 3.25. The third-order valence-corrected chi connectivity index (χ3v) is 3.81. The van der Waals surface area contributed by atoms with E-state index in [1.807, 2.05) is 42.5 Å². The van der Waals surface area contributed by atoms with Gasteiger partial charge in [0, 0.05) is 15.7 Å². The van der Waals surface area contributed by atoms with Crippen molar-refractivity contribution in [3.8, 4) is 0 Å². The predicted octanol–water partition coefficient (Wildman–Crippen LogP) is 4.39. The van der Waals surface area contributed by atoms with Crippen LogP contribution in [0.15, 0.2) is 54.6 Å². The number of urea groups is 1. The standard InChI is InChI=1S/C16H12Cl2N2O/c17-11-6-7-12(13(18)8-11)15-9-14(19-16(21)20-15)10-4-2-1-3-5-10/h1-9,15H,(H2,19,20,21). The van der Waals surface area contributed by atoms with Crippen LogP contribution in [0.1, 0.15) is 17.2 Å². The van der Waals surface area contributed by atoms with Gasteiger partial charge in [0.05, 0.1) is 6.04 Å². The first-order chi connectivity index (χ1) is 10.1. The number of halogens is 2. The molecule has 1 aliphatic heterocycles. The Hall–Kier alpha value is -1.97. The molecule has 2 amide bonds. The molecule has 0 saturated carbocycles. The van der Waals surface area contributed by atoms with Gasteiger partial charge in [-0.3, -0.25) is 0 Å². The van der Waals surface area contributed by atoms with Gasteiger partial charge in [0.2, 0.25) is 0 Å². The minimum atomic E-state index is -0.293. The van der Waals surface area contributed by atoms with Crippen LogP contribution in [-0.2, 0) is 0 Å². The van der Waals surface area contributed by atoms with Gasteiger partial charge in [0.25, 0.3) is 0 Å². The molecule has 0 fully saturated rings. The molecule has 5 heteroatoms. The molecule has 1 unspecified atom stereocenters. The summed E-state index contributed by atoms with van der Waals surface area (Å²) in [4.78, 5) is 11.9. The van der Waals surface area contributed by atoms with E-state index in [4.69, 9.17) is 23.2 Å². The topological polar surface area (TPSA) is 41.1 Å². The number of rotatable bonds is 2. The van der Waals surface area contributed by atoms with Gasteiger partial charge in [0.1, 0.15) is 0 Å². The zero-order valence-corrected chi connectivity index (χ0v) is 12.4. The van der Waals surface area contributed by atoms with Gasteiger partial charge in [-0.25, -0.2) is 4.79 Å². The molecule has 0 saturated heterocycles. The second-order valence-corrected chi connectivity index (χ2v) is 5.53. The Balaban J connectivity index is 2.00. The molecule has 0 aliphatic carbocycles. The van der Waals surface area contributed by atoms with Crippen molar-refractivity contribution in [3.63, 3.8) is 0 Å². The average Bonchev–Trinajstić information content (AvgIpc) is 2.47. The lowest BCUT2D eigenvalue weighted by molar-refractivity contribution is 0.241. The van der Waals surface area contributed by atoms with Gasteiger partial charge < -0.3 is 10.6 Å². The molecule has 2 aromatic rings. The highest BCUT2D eigenvalue weighted by molar-refractivity contribution is 6.35. The number of hydrogen-bond acceptors (Lipinski definition) is 1. The maximum atomic E-state index is 11.9. The van der Waals surface area contributed by atoms with E-state index in [1.165, 1.54) is 0 Å². The Morgan fingerprint density at radius 3 is 2.48 bits per heavy atom. The van der Waals surface area contributed by atoms with Crippen molar-refractivity contribution < 1.29 is 4.79 Å². The van der Waals surface area contributed by atoms with Crippen LogP contribution in [0.5, 0.6) is 0 Å². The summed E-state index contributed by atoms with van der Waals surface area (Å²) >= 11 is 12.1. The summed E-state index contributed by atoms with van der Waals surface area (Å²) in [5.41, 5.74) is 2.52. The number of carbonyl (C=O) groups is 1. The Labute approximate surface area is 132 Å². The highest BCUT2D eigenvalue weighted by atomic mass is 35.5. The Kier molecular flexibility index (Phi) is 3.86. The zero-order valence-electron chi connectivity index (χ0n) is 10.9. The molecule has 1 heterocycles. The van der Waals surface area contributed by atoms with E-state index < -0.39 is 0 Å². The molecule has 0 bridgehead atoms.